The van der Waals surface area contributed by atoms with Crippen LogP contribution in [0.2, 0.25) is 0 Å². The normalized spacial score (nSPS) is 14.1. The summed E-state index contributed by atoms with van der Waals surface area (Å²) in [5, 5.41) is 13.9. The Hall–Kier alpha value is -2.32. The fraction of sp³-hybridized carbons (Fsp3) is 0.808. The van der Waals surface area contributed by atoms with Gasteiger partial charge in [0, 0.05) is 6.42 Å². The number of carbonyl (C=O) groups is 1. The zero-order valence-corrected chi connectivity index (χ0v) is 59.1. The van der Waals surface area contributed by atoms with Crippen LogP contribution in [0.3, 0.4) is 0 Å². The van der Waals surface area contributed by atoms with Crippen LogP contribution in [0.4, 0.5) is 0 Å². The molecule has 1 amide bonds. The van der Waals surface area contributed by atoms with E-state index in [2.05, 4.69) is 92.1 Å². The van der Waals surface area contributed by atoms with Gasteiger partial charge in [0.1, 0.15) is 13.2 Å². The maximum absolute atomic E-state index is 13.0. The minimum Gasteiger partial charge on any atom is -0.756 e. The number of allylic oxidation sites excluding steroid dienone is 13. The maximum atomic E-state index is 13.0. The fourth-order valence-electron chi connectivity index (χ4n) is 11.1. The second-order valence-corrected chi connectivity index (χ2v) is 28.0. The Bertz CT molecular complexity index is 1700. The molecule has 3 unspecified atom stereocenters. The Labute approximate surface area is 541 Å². The van der Waals surface area contributed by atoms with E-state index in [0.717, 1.165) is 70.6 Å². The molecule has 0 saturated heterocycles. The molecule has 0 fully saturated rings. The molecule has 0 aliphatic carbocycles. The predicted molar refractivity (Wildman–Crippen MR) is 380 cm³/mol. The van der Waals surface area contributed by atoms with Crippen molar-refractivity contribution in [2.45, 2.75) is 366 Å². The van der Waals surface area contributed by atoms with Gasteiger partial charge in [0.05, 0.1) is 39.9 Å². The van der Waals surface area contributed by atoms with Crippen LogP contribution < -0.4 is 10.2 Å². The topological polar surface area (TPSA) is 108 Å². The van der Waals surface area contributed by atoms with Gasteiger partial charge in [0.25, 0.3) is 7.82 Å². The van der Waals surface area contributed by atoms with E-state index < -0.39 is 26.6 Å². The largest absolute Gasteiger partial charge is 0.756 e. The SMILES string of the molecule is CC/C=C\C/C=C\C/C=C\C/C=C\CCCCCCCCCCCCCCCCCCCCCCCCCCCCC(=O)NC(COP(=O)([O-])OCC[N+](C)(C)C)C(O)/C=C/CC/C=C/CC/C=C/CCCCCCCCCCCCCCCCCC. The molecule has 3 atom stereocenters. The molecule has 0 bridgehead atoms. The number of rotatable bonds is 69. The Kier molecular flexibility index (Phi) is 66.2. The molecule has 0 aliphatic heterocycles. The molecular weight excluding hydrogens is 1090 g/mol. The molecule has 87 heavy (non-hydrogen) atoms. The van der Waals surface area contributed by atoms with Gasteiger partial charge in [-0.2, -0.15) is 0 Å². The number of hydrogen-bond donors (Lipinski definition) is 2. The molecule has 0 rings (SSSR count). The number of carbonyl (C=O) groups excluding carboxylic acids is 1. The fourth-order valence-corrected chi connectivity index (χ4v) is 11.8. The Morgan fingerprint density at radius 3 is 1.07 bits per heavy atom. The number of aliphatic hydroxyl groups excluding tert-OH is 1. The van der Waals surface area contributed by atoms with Crippen molar-refractivity contribution >= 4 is 13.7 Å². The number of unbranched alkanes of at least 4 members (excludes halogenated alkanes) is 44. The molecule has 9 heteroatoms. The van der Waals surface area contributed by atoms with Crippen molar-refractivity contribution in [1.29, 1.82) is 0 Å². The van der Waals surface area contributed by atoms with Crippen LogP contribution in [-0.4, -0.2) is 68.5 Å². The van der Waals surface area contributed by atoms with Crippen molar-refractivity contribution in [1.82, 2.24) is 5.32 Å². The minimum absolute atomic E-state index is 0.00931. The van der Waals surface area contributed by atoms with Gasteiger partial charge in [-0.25, -0.2) is 0 Å². The quantitative estimate of drug-likeness (QED) is 0.0272. The number of aliphatic hydroxyl groups is 1. The molecule has 0 aromatic carbocycles. The van der Waals surface area contributed by atoms with E-state index in [1.165, 1.54) is 263 Å². The van der Waals surface area contributed by atoms with E-state index in [0.29, 0.717) is 17.4 Å². The summed E-state index contributed by atoms with van der Waals surface area (Å²) in [5.74, 6) is -0.206. The molecule has 0 aromatic heterocycles. The van der Waals surface area contributed by atoms with Crippen molar-refractivity contribution in [2.75, 3.05) is 40.9 Å². The van der Waals surface area contributed by atoms with Gasteiger partial charge in [-0.15, -0.1) is 0 Å². The van der Waals surface area contributed by atoms with E-state index in [1.54, 1.807) is 6.08 Å². The highest BCUT2D eigenvalue weighted by molar-refractivity contribution is 7.45. The summed E-state index contributed by atoms with van der Waals surface area (Å²) in [6.07, 6.45) is 97.4. The third kappa shape index (κ3) is 71.0. The summed E-state index contributed by atoms with van der Waals surface area (Å²) in [6, 6.07) is -0.913. The van der Waals surface area contributed by atoms with Crippen LogP contribution >= 0.6 is 7.82 Å². The number of quaternary nitrogens is 1. The third-order valence-electron chi connectivity index (χ3n) is 16.8. The smallest absolute Gasteiger partial charge is 0.268 e. The third-order valence-corrected chi connectivity index (χ3v) is 17.8. The number of nitrogens with zero attached hydrogens (tertiary/aromatic N) is 1. The first-order valence-electron chi connectivity index (χ1n) is 37.4. The molecule has 0 spiro atoms. The van der Waals surface area contributed by atoms with Crippen LogP contribution in [0.15, 0.2) is 85.1 Å². The van der Waals surface area contributed by atoms with E-state index in [1.807, 2.05) is 27.2 Å². The van der Waals surface area contributed by atoms with Crippen LogP contribution in [0, 0.1) is 0 Å². The van der Waals surface area contributed by atoms with Crippen molar-refractivity contribution in [3.05, 3.63) is 85.1 Å². The number of phosphoric acid groups is 1. The summed E-state index contributed by atoms with van der Waals surface area (Å²) in [6.45, 7) is 4.55. The van der Waals surface area contributed by atoms with Gasteiger partial charge < -0.3 is 28.8 Å². The molecule has 0 aromatic rings. The van der Waals surface area contributed by atoms with Gasteiger partial charge in [-0.3, -0.25) is 9.36 Å². The van der Waals surface area contributed by atoms with E-state index in [-0.39, 0.29) is 12.5 Å². The van der Waals surface area contributed by atoms with Crippen LogP contribution in [-0.2, 0) is 18.4 Å². The first kappa shape index (κ1) is 84.7. The highest BCUT2D eigenvalue weighted by Gasteiger charge is 2.23. The van der Waals surface area contributed by atoms with E-state index in [4.69, 9.17) is 9.05 Å². The number of amides is 1. The van der Waals surface area contributed by atoms with Gasteiger partial charge >= 0.3 is 0 Å². The summed E-state index contributed by atoms with van der Waals surface area (Å²) in [4.78, 5) is 25.7. The Morgan fingerprint density at radius 1 is 0.414 bits per heavy atom. The molecule has 8 nitrogen and oxygen atoms in total. The standard InChI is InChI=1S/C78H145N2O6P/c1-6-8-10-12-14-16-18-20-22-24-26-28-30-32-34-35-36-37-38-39-40-41-42-43-44-45-46-48-50-52-54-56-58-60-62-64-66-68-70-72-78(82)79-76(75-86-87(83,84)85-74-73-80(3,4)5)77(81)71-69-67-65-63-61-59-57-55-53-51-49-47-33-31-29-27-25-23-21-19-17-15-13-11-9-7-2/h8,10,14,16,20,22,26,28,53,55,61,63,69,71,76-77,81H,6-7,9,11-13,15,17-19,21,23-25,27,29-52,54,56-60,62,64-68,70,72-75H2,1-5H3,(H-,79,82,83,84)/b10-8-,16-14-,22-20-,28-26-,55-53+,63-61+,71-69+. The lowest BCUT2D eigenvalue weighted by Crippen LogP contribution is -2.45. The number of nitrogens with one attached hydrogen (secondary N) is 1. The molecule has 0 radical (unpaired) electrons. The number of hydrogen-bond acceptors (Lipinski definition) is 6. The second kappa shape index (κ2) is 68.1. The average molecular weight is 1240 g/mol. The summed E-state index contributed by atoms with van der Waals surface area (Å²) < 4.78 is 23.5. The lowest BCUT2D eigenvalue weighted by atomic mass is 10.0. The van der Waals surface area contributed by atoms with Gasteiger partial charge in [0.15, 0.2) is 0 Å². The molecular formula is C78H145N2O6P. The zero-order chi connectivity index (χ0) is 63.4. The van der Waals surface area contributed by atoms with Gasteiger partial charge in [-0.05, 0) is 83.5 Å². The predicted octanol–water partition coefficient (Wildman–Crippen LogP) is 23.6. The zero-order valence-electron chi connectivity index (χ0n) is 58.2. The summed E-state index contributed by atoms with van der Waals surface area (Å²) in [7, 11) is 1.24. The van der Waals surface area contributed by atoms with E-state index >= 15 is 0 Å². The van der Waals surface area contributed by atoms with E-state index in [9.17, 15) is 19.4 Å². The second-order valence-electron chi connectivity index (χ2n) is 26.6. The monoisotopic (exact) mass is 1240 g/mol. The Morgan fingerprint density at radius 2 is 0.713 bits per heavy atom. The Balaban J connectivity index is 4.00. The summed E-state index contributed by atoms with van der Waals surface area (Å²) in [5.41, 5.74) is 0. The molecule has 0 aliphatic rings. The number of phosphoric ester groups is 1. The molecule has 508 valence electrons. The van der Waals surface area contributed by atoms with Crippen LogP contribution in [0.5, 0.6) is 0 Å². The summed E-state index contributed by atoms with van der Waals surface area (Å²) >= 11 is 0. The number of likely N-dealkylation sites (N-methyl/N-ethyl adjacent to an activating group) is 1. The first-order valence-corrected chi connectivity index (χ1v) is 38.9. The highest BCUT2D eigenvalue weighted by Crippen LogP contribution is 2.38. The van der Waals surface area contributed by atoms with Crippen molar-refractivity contribution in [2.24, 2.45) is 0 Å². The first-order chi connectivity index (χ1) is 42.5. The molecule has 0 saturated carbocycles. The van der Waals surface area contributed by atoms with Crippen molar-refractivity contribution in [3.63, 3.8) is 0 Å². The maximum Gasteiger partial charge on any atom is 0.268 e. The average Bonchev–Trinajstić information content (AvgIpc) is 3.69. The highest BCUT2D eigenvalue weighted by atomic mass is 31.2. The molecule has 0 heterocycles. The molecule has 2 N–H and O–H groups in total. The van der Waals surface area contributed by atoms with Crippen LogP contribution in [0.1, 0.15) is 354 Å². The lowest BCUT2D eigenvalue weighted by molar-refractivity contribution is -0.870. The van der Waals surface area contributed by atoms with Crippen molar-refractivity contribution < 1.29 is 32.9 Å². The van der Waals surface area contributed by atoms with Gasteiger partial charge in [-0.1, -0.05) is 349 Å². The minimum atomic E-state index is -4.62. The lowest BCUT2D eigenvalue weighted by Gasteiger charge is -2.29. The van der Waals surface area contributed by atoms with Crippen LogP contribution in [0.25, 0.3) is 0 Å². The van der Waals surface area contributed by atoms with Crippen molar-refractivity contribution in [3.8, 4) is 0 Å². The van der Waals surface area contributed by atoms with Gasteiger partial charge in [0.2, 0.25) is 5.91 Å².